The summed E-state index contributed by atoms with van der Waals surface area (Å²) in [6, 6.07) is 12.9. The van der Waals surface area contributed by atoms with Crippen LogP contribution in [-0.4, -0.2) is 46.9 Å². The number of carbonyl (C=O) groups excluding carboxylic acids is 3. The number of ether oxygens (including phenoxy) is 1. The van der Waals surface area contributed by atoms with E-state index in [1.807, 2.05) is 35.7 Å². The quantitative estimate of drug-likeness (QED) is 0.569. The Morgan fingerprint density at radius 2 is 1.91 bits per heavy atom. The standard InChI is InChI=1S/C23H23N3O5S/c1-15(20(27)25-23-24-18(14-32-23)16-6-3-2-4-7-16)31-22(29)17-9-11-26(12-10-17)21(28)19-8-5-13-30-19/h2-8,13-15,17H,9-12H2,1H3,(H,24,25,27)/t15-/m0/s1. The molecule has 4 rings (SSSR count). The van der Waals surface area contributed by atoms with Gasteiger partial charge in [0.25, 0.3) is 11.8 Å². The summed E-state index contributed by atoms with van der Waals surface area (Å²) in [5.41, 5.74) is 1.73. The summed E-state index contributed by atoms with van der Waals surface area (Å²) in [5.74, 6) is -1.11. The zero-order valence-electron chi connectivity index (χ0n) is 17.5. The minimum Gasteiger partial charge on any atom is -0.459 e. The molecule has 0 aliphatic carbocycles. The molecule has 3 aromatic rings. The minimum atomic E-state index is -0.950. The van der Waals surface area contributed by atoms with Crippen molar-refractivity contribution in [3.63, 3.8) is 0 Å². The smallest absolute Gasteiger partial charge is 0.309 e. The fourth-order valence-corrected chi connectivity index (χ4v) is 4.20. The minimum absolute atomic E-state index is 0.187. The highest BCUT2D eigenvalue weighted by atomic mass is 32.1. The lowest BCUT2D eigenvalue weighted by atomic mass is 9.97. The van der Waals surface area contributed by atoms with Crippen molar-refractivity contribution >= 4 is 34.3 Å². The predicted molar refractivity (Wildman–Crippen MR) is 119 cm³/mol. The molecule has 1 aliphatic heterocycles. The molecule has 3 heterocycles. The molecule has 1 saturated heterocycles. The highest BCUT2D eigenvalue weighted by molar-refractivity contribution is 7.14. The SMILES string of the molecule is C[C@H](OC(=O)C1CCN(C(=O)c2ccco2)CC1)C(=O)Nc1nc(-c2ccccc2)cs1. The summed E-state index contributed by atoms with van der Waals surface area (Å²) in [5, 5.41) is 5.01. The Labute approximate surface area is 189 Å². The van der Waals surface area contributed by atoms with E-state index >= 15 is 0 Å². The Kier molecular flexibility index (Phi) is 6.65. The number of benzene rings is 1. The van der Waals surface area contributed by atoms with Crippen LogP contribution in [0.25, 0.3) is 11.3 Å². The van der Waals surface area contributed by atoms with Crippen LogP contribution in [0.1, 0.15) is 30.3 Å². The topological polar surface area (TPSA) is 102 Å². The van der Waals surface area contributed by atoms with Gasteiger partial charge in [0.15, 0.2) is 17.0 Å². The van der Waals surface area contributed by atoms with Crippen molar-refractivity contribution in [1.29, 1.82) is 0 Å². The first-order valence-corrected chi connectivity index (χ1v) is 11.2. The molecular weight excluding hydrogens is 430 g/mol. The van der Waals surface area contributed by atoms with Crippen molar-refractivity contribution in [2.45, 2.75) is 25.9 Å². The van der Waals surface area contributed by atoms with E-state index in [1.54, 1.807) is 17.0 Å². The van der Waals surface area contributed by atoms with Gasteiger partial charge in [0.1, 0.15) is 0 Å². The number of hydrogen-bond donors (Lipinski definition) is 1. The molecule has 1 N–H and O–H groups in total. The monoisotopic (exact) mass is 453 g/mol. The Hall–Kier alpha value is -3.46. The Bertz CT molecular complexity index is 1070. The van der Waals surface area contributed by atoms with Crippen LogP contribution in [0.15, 0.2) is 58.5 Å². The lowest BCUT2D eigenvalue weighted by Crippen LogP contribution is -2.41. The van der Waals surface area contributed by atoms with Gasteiger partial charge in [-0.3, -0.25) is 19.7 Å². The van der Waals surface area contributed by atoms with Crippen LogP contribution in [0.4, 0.5) is 5.13 Å². The third-order valence-electron chi connectivity index (χ3n) is 5.31. The van der Waals surface area contributed by atoms with Gasteiger partial charge in [-0.25, -0.2) is 4.98 Å². The number of furan rings is 1. The molecule has 166 valence electrons. The van der Waals surface area contributed by atoms with Crippen molar-refractivity contribution in [1.82, 2.24) is 9.88 Å². The molecule has 32 heavy (non-hydrogen) atoms. The number of thiazole rings is 1. The van der Waals surface area contributed by atoms with Crippen LogP contribution in [0.5, 0.6) is 0 Å². The van der Waals surface area contributed by atoms with Gasteiger partial charge in [0.05, 0.1) is 17.9 Å². The number of aromatic nitrogens is 1. The molecule has 0 saturated carbocycles. The Morgan fingerprint density at radius 3 is 2.59 bits per heavy atom. The number of esters is 1. The first-order valence-electron chi connectivity index (χ1n) is 10.4. The number of carbonyl (C=O) groups is 3. The number of anilines is 1. The number of piperidine rings is 1. The van der Waals surface area contributed by atoms with E-state index in [1.165, 1.54) is 24.5 Å². The van der Waals surface area contributed by atoms with Gasteiger partial charge in [-0.05, 0) is 31.9 Å². The van der Waals surface area contributed by atoms with Gasteiger partial charge in [-0.15, -0.1) is 11.3 Å². The van der Waals surface area contributed by atoms with Crippen LogP contribution in [0.3, 0.4) is 0 Å². The highest BCUT2D eigenvalue weighted by Gasteiger charge is 2.31. The number of amides is 2. The summed E-state index contributed by atoms with van der Waals surface area (Å²) in [6.07, 6.45) is 1.46. The van der Waals surface area contributed by atoms with Gasteiger partial charge in [-0.1, -0.05) is 30.3 Å². The zero-order chi connectivity index (χ0) is 22.5. The highest BCUT2D eigenvalue weighted by Crippen LogP contribution is 2.25. The summed E-state index contributed by atoms with van der Waals surface area (Å²) >= 11 is 1.31. The third kappa shape index (κ3) is 5.05. The number of rotatable bonds is 6. The summed E-state index contributed by atoms with van der Waals surface area (Å²) in [4.78, 5) is 43.4. The molecule has 1 atom stereocenters. The van der Waals surface area contributed by atoms with E-state index in [-0.39, 0.29) is 17.6 Å². The molecule has 1 fully saturated rings. The van der Waals surface area contributed by atoms with Gasteiger partial charge >= 0.3 is 5.97 Å². The second kappa shape index (κ2) is 9.78. The fraction of sp³-hybridized carbons (Fsp3) is 0.304. The average molecular weight is 454 g/mol. The van der Waals surface area contributed by atoms with Crippen LogP contribution in [-0.2, 0) is 14.3 Å². The van der Waals surface area contributed by atoms with Crippen LogP contribution in [0, 0.1) is 5.92 Å². The van der Waals surface area contributed by atoms with Gasteiger partial charge in [0.2, 0.25) is 0 Å². The molecule has 2 aromatic heterocycles. The predicted octanol–water partition coefficient (Wildman–Crippen LogP) is 3.83. The zero-order valence-corrected chi connectivity index (χ0v) is 18.3. The van der Waals surface area contributed by atoms with Crippen molar-refractivity contribution in [2.75, 3.05) is 18.4 Å². The lowest BCUT2D eigenvalue weighted by molar-refractivity contribution is -0.158. The third-order valence-corrected chi connectivity index (χ3v) is 6.07. The van der Waals surface area contributed by atoms with Crippen LogP contribution >= 0.6 is 11.3 Å². The van der Waals surface area contributed by atoms with Crippen molar-refractivity contribution < 1.29 is 23.5 Å². The molecule has 2 amide bonds. The molecule has 1 aromatic carbocycles. The molecule has 9 heteroatoms. The molecule has 0 spiro atoms. The van der Waals surface area contributed by atoms with Crippen molar-refractivity contribution in [3.8, 4) is 11.3 Å². The van der Waals surface area contributed by atoms with Crippen LogP contribution in [0.2, 0.25) is 0 Å². The van der Waals surface area contributed by atoms with Crippen molar-refractivity contribution in [3.05, 3.63) is 59.9 Å². The number of likely N-dealkylation sites (tertiary alicyclic amines) is 1. The van der Waals surface area contributed by atoms with E-state index in [0.717, 1.165) is 11.3 Å². The fourth-order valence-electron chi connectivity index (χ4n) is 3.48. The molecule has 8 nitrogen and oxygen atoms in total. The van der Waals surface area contributed by atoms with Crippen LogP contribution < -0.4 is 5.32 Å². The van der Waals surface area contributed by atoms with Gasteiger partial charge in [0, 0.05) is 24.0 Å². The van der Waals surface area contributed by atoms with Gasteiger partial charge < -0.3 is 14.1 Å². The molecule has 1 aliphatic rings. The maximum Gasteiger partial charge on any atom is 0.309 e. The summed E-state index contributed by atoms with van der Waals surface area (Å²) in [7, 11) is 0. The van der Waals surface area contributed by atoms with Gasteiger partial charge in [-0.2, -0.15) is 0 Å². The van der Waals surface area contributed by atoms with E-state index in [2.05, 4.69) is 10.3 Å². The molecule has 0 bridgehead atoms. The summed E-state index contributed by atoms with van der Waals surface area (Å²) < 4.78 is 10.5. The normalized spacial score (nSPS) is 15.2. The first kappa shape index (κ1) is 21.8. The van der Waals surface area contributed by atoms with Crippen molar-refractivity contribution in [2.24, 2.45) is 5.92 Å². The maximum absolute atomic E-state index is 12.5. The van der Waals surface area contributed by atoms with E-state index < -0.39 is 18.0 Å². The molecule has 0 unspecified atom stereocenters. The lowest BCUT2D eigenvalue weighted by Gasteiger charge is -2.30. The second-order valence-electron chi connectivity index (χ2n) is 7.52. The summed E-state index contributed by atoms with van der Waals surface area (Å²) in [6.45, 7) is 2.40. The van der Waals surface area contributed by atoms with E-state index in [0.29, 0.717) is 31.1 Å². The number of hydrogen-bond acceptors (Lipinski definition) is 7. The molecular formula is C23H23N3O5S. The van der Waals surface area contributed by atoms with E-state index in [9.17, 15) is 14.4 Å². The maximum atomic E-state index is 12.5. The largest absolute Gasteiger partial charge is 0.459 e. The first-order chi connectivity index (χ1) is 15.5. The Morgan fingerprint density at radius 1 is 1.16 bits per heavy atom. The Balaban J connectivity index is 1.25. The average Bonchev–Trinajstić information content (AvgIpc) is 3.52. The number of nitrogens with one attached hydrogen (secondary N) is 1. The van der Waals surface area contributed by atoms with E-state index in [4.69, 9.17) is 9.15 Å². The molecule has 0 radical (unpaired) electrons. The second-order valence-corrected chi connectivity index (χ2v) is 8.37. The number of nitrogens with zero attached hydrogens (tertiary/aromatic N) is 2.